The third-order valence-electron chi connectivity index (χ3n) is 2.83. The van der Waals surface area contributed by atoms with Crippen LogP contribution in [0.5, 0.6) is 0 Å². The fourth-order valence-corrected chi connectivity index (χ4v) is 1.85. The maximum absolute atomic E-state index is 13.1. The van der Waals surface area contributed by atoms with Crippen molar-refractivity contribution in [3.05, 3.63) is 70.8 Å². The number of carbonyl (C=O) groups is 1. The first-order valence-electron chi connectivity index (χ1n) is 5.67. The van der Waals surface area contributed by atoms with Gasteiger partial charge in [-0.25, -0.2) is 8.78 Å². The summed E-state index contributed by atoms with van der Waals surface area (Å²) in [4.78, 5) is 10.8. The smallest absolute Gasteiger partial charge is 0.159 e. The number of hydrogen-bond acceptors (Lipinski definition) is 1. The second-order valence-electron chi connectivity index (χ2n) is 4.07. The fraction of sp³-hybridized carbons (Fsp3) is 0.133. The van der Waals surface area contributed by atoms with E-state index in [9.17, 15) is 13.6 Å². The molecule has 0 N–H and O–H groups in total. The summed E-state index contributed by atoms with van der Waals surface area (Å²) in [6.45, 7) is 0. The molecule has 0 aliphatic heterocycles. The van der Waals surface area contributed by atoms with Crippen LogP contribution in [-0.2, 0) is 12.8 Å². The number of hydrogen-bond donors (Lipinski definition) is 0. The lowest BCUT2D eigenvalue weighted by atomic mass is 10.00. The number of carbonyl (C=O) groups excluding carboxylic acids is 1. The summed E-state index contributed by atoms with van der Waals surface area (Å²) in [6.07, 6.45) is 1.75. The van der Waals surface area contributed by atoms with Gasteiger partial charge in [-0.1, -0.05) is 30.3 Å². The molecular formula is C15H12F2O. The Balaban J connectivity index is 2.19. The summed E-state index contributed by atoms with van der Waals surface area (Å²) < 4.78 is 26.1. The summed E-state index contributed by atoms with van der Waals surface area (Å²) in [5.41, 5.74) is 1.84. The van der Waals surface area contributed by atoms with Gasteiger partial charge in [0.05, 0.1) is 0 Å². The second kappa shape index (κ2) is 5.54. The lowest BCUT2D eigenvalue weighted by Gasteiger charge is -2.06. The van der Waals surface area contributed by atoms with Crippen LogP contribution in [0, 0.1) is 11.6 Å². The van der Waals surface area contributed by atoms with Crippen molar-refractivity contribution in [2.75, 3.05) is 0 Å². The molecule has 18 heavy (non-hydrogen) atoms. The lowest BCUT2D eigenvalue weighted by Crippen LogP contribution is -1.99. The Kier molecular flexibility index (Phi) is 3.82. The summed E-state index contributed by atoms with van der Waals surface area (Å²) in [5, 5.41) is 0. The van der Waals surface area contributed by atoms with Crippen LogP contribution in [0.3, 0.4) is 0 Å². The molecule has 0 unspecified atom stereocenters. The standard InChI is InChI=1S/C15H12F2O/c16-14-8-12(13(10-18)9-15(14)17)7-6-11-4-2-1-3-5-11/h1-5,8-10H,6-7H2. The van der Waals surface area contributed by atoms with Gasteiger partial charge in [0.2, 0.25) is 0 Å². The van der Waals surface area contributed by atoms with Gasteiger partial charge in [0.25, 0.3) is 0 Å². The number of rotatable bonds is 4. The highest BCUT2D eigenvalue weighted by Gasteiger charge is 2.09. The third kappa shape index (κ3) is 2.80. The molecule has 2 aromatic rings. The molecule has 0 saturated carbocycles. The molecule has 2 rings (SSSR count). The highest BCUT2D eigenvalue weighted by atomic mass is 19.2. The molecule has 0 aliphatic carbocycles. The van der Waals surface area contributed by atoms with Crippen LogP contribution >= 0.6 is 0 Å². The van der Waals surface area contributed by atoms with E-state index in [2.05, 4.69) is 0 Å². The minimum atomic E-state index is -0.986. The fourth-order valence-electron chi connectivity index (χ4n) is 1.85. The van der Waals surface area contributed by atoms with Crippen LogP contribution < -0.4 is 0 Å². The van der Waals surface area contributed by atoms with E-state index in [4.69, 9.17) is 0 Å². The first-order valence-corrected chi connectivity index (χ1v) is 5.67. The van der Waals surface area contributed by atoms with E-state index in [0.717, 1.165) is 17.7 Å². The summed E-state index contributed by atoms with van der Waals surface area (Å²) in [7, 11) is 0. The van der Waals surface area contributed by atoms with E-state index in [1.54, 1.807) is 0 Å². The van der Waals surface area contributed by atoms with Crippen molar-refractivity contribution < 1.29 is 13.6 Å². The van der Waals surface area contributed by atoms with Crippen molar-refractivity contribution in [1.29, 1.82) is 0 Å². The largest absolute Gasteiger partial charge is 0.298 e. The topological polar surface area (TPSA) is 17.1 Å². The maximum Gasteiger partial charge on any atom is 0.159 e. The number of benzene rings is 2. The van der Waals surface area contributed by atoms with Gasteiger partial charge in [-0.2, -0.15) is 0 Å². The van der Waals surface area contributed by atoms with Gasteiger partial charge >= 0.3 is 0 Å². The van der Waals surface area contributed by atoms with E-state index in [-0.39, 0.29) is 5.56 Å². The molecule has 0 saturated heterocycles. The zero-order valence-corrected chi connectivity index (χ0v) is 9.70. The Labute approximate surface area is 104 Å². The van der Waals surface area contributed by atoms with Crippen molar-refractivity contribution in [3.63, 3.8) is 0 Å². The van der Waals surface area contributed by atoms with Gasteiger partial charge in [0.1, 0.15) is 6.29 Å². The van der Waals surface area contributed by atoms with Gasteiger partial charge in [-0.3, -0.25) is 4.79 Å². The van der Waals surface area contributed by atoms with Gasteiger partial charge in [0, 0.05) is 5.56 Å². The third-order valence-corrected chi connectivity index (χ3v) is 2.83. The average molecular weight is 246 g/mol. The molecule has 0 aromatic heterocycles. The minimum Gasteiger partial charge on any atom is -0.298 e. The zero-order valence-electron chi connectivity index (χ0n) is 9.70. The molecule has 92 valence electrons. The molecule has 2 aromatic carbocycles. The molecule has 3 heteroatoms. The molecule has 0 bridgehead atoms. The predicted octanol–water partition coefficient (Wildman–Crippen LogP) is 3.56. The van der Waals surface area contributed by atoms with Gasteiger partial charge in [-0.05, 0) is 36.1 Å². The van der Waals surface area contributed by atoms with Gasteiger partial charge in [0.15, 0.2) is 11.6 Å². The van der Waals surface area contributed by atoms with Crippen LogP contribution in [0.15, 0.2) is 42.5 Å². The normalized spacial score (nSPS) is 10.3. The summed E-state index contributed by atoms with van der Waals surface area (Å²) in [6, 6.07) is 11.7. The van der Waals surface area contributed by atoms with Crippen LogP contribution in [0.4, 0.5) is 8.78 Å². The zero-order chi connectivity index (χ0) is 13.0. The Bertz CT molecular complexity index is 550. The highest BCUT2D eigenvalue weighted by molar-refractivity contribution is 5.77. The molecule has 0 heterocycles. The second-order valence-corrected chi connectivity index (χ2v) is 4.07. The van der Waals surface area contributed by atoms with Crippen molar-refractivity contribution >= 4 is 6.29 Å². The summed E-state index contributed by atoms with van der Waals surface area (Å²) in [5.74, 6) is -1.90. The minimum absolute atomic E-state index is 0.213. The Morgan fingerprint density at radius 1 is 0.944 bits per heavy atom. The van der Waals surface area contributed by atoms with E-state index in [0.29, 0.717) is 24.7 Å². The van der Waals surface area contributed by atoms with Crippen molar-refractivity contribution in [2.45, 2.75) is 12.8 Å². The Hall–Kier alpha value is -2.03. The maximum atomic E-state index is 13.1. The van der Waals surface area contributed by atoms with Gasteiger partial charge < -0.3 is 0 Å². The molecule has 0 aliphatic rings. The summed E-state index contributed by atoms with van der Waals surface area (Å²) >= 11 is 0. The van der Waals surface area contributed by atoms with Gasteiger partial charge in [-0.15, -0.1) is 0 Å². The monoisotopic (exact) mass is 246 g/mol. The van der Waals surface area contributed by atoms with E-state index in [1.165, 1.54) is 0 Å². The van der Waals surface area contributed by atoms with Crippen LogP contribution in [0.25, 0.3) is 0 Å². The van der Waals surface area contributed by atoms with E-state index in [1.807, 2.05) is 30.3 Å². The SMILES string of the molecule is O=Cc1cc(F)c(F)cc1CCc1ccccc1. The molecule has 0 spiro atoms. The first kappa shape index (κ1) is 12.4. The molecule has 0 atom stereocenters. The number of aryl methyl sites for hydroxylation is 2. The molecule has 0 radical (unpaired) electrons. The lowest BCUT2D eigenvalue weighted by molar-refractivity contribution is 0.112. The van der Waals surface area contributed by atoms with Crippen molar-refractivity contribution in [1.82, 2.24) is 0 Å². The highest BCUT2D eigenvalue weighted by Crippen LogP contribution is 2.16. The predicted molar refractivity (Wildman–Crippen MR) is 65.6 cm³/mol. The van der Waals surface area contributed by atoms with Crippen LogP contribution in [0.1, 0.15) is 21.5 Å². The van der Waals surface area contributed by atoms with Crippen molar-refractivity contribution in [2.24, 2.45) is 0 Å². The van der Waals surface area contributed by atoms with E-state index >= 15 is 0 Å². The molecule has 1 nitrogen and oxygen atoms in total. The first-order chi connectivity index (χ1) is 8.70. The van der Waals surface area contributed by atoms with Crippen LogP contribution in [-0.4, -0.2) is 6.29 Å². The Morgan fingerprint density at radius 3 is 2.28 bits per heavy atom. The van der Waals surface area contributed by atoms with Crippen LogP contribution in [0.2, 0.25) is 0 Å². The molecule has 0 fully saturated rings. The number of aldehydes is 1. The van der Waals surface area contributed by atoms with E-state index < -0.39 is 11.6 Å². The number of halogens is 2. The average Bonchev–Trinajstić information content (AvgIpc) is 2.41. The van der Waals surface area contributed by atoms with Crippen molar-refractivity contribution in [3.8, 4) is 0 Å². The quantitative estimate of drug-likeness (QED) is 0.754. The molecular weight excluding hydrogens is 234 g/mol. The Morgan fingerprint density at radius 2 is 1.61 bits per heavy atom. The molecule has 0 amide bonds.